The van der Waals surface area contributed by atoms with Gasteiger partial charge < -0.3 is 40.2 Å². The van der Waals surface area contributed by atoms with Crippen LogP contribution in [-0.4, -0.2) is 38.5 Å². The van der Waals surface area contributed by atoms with Gasteiger partial charge in [-0.3, -0.25) is 0 Å². The van der Waals surface area contributed by atoms with E-state index in [2.05, 4.69) is 73.9 Å². The van der Waals surface area contributed by atoms with Crippen LogP contribution >= 0.6 is 58.2 Å². The van der Waals surface area contributed by atoms with Gasteiger partial charge >= 0.3 is 9.39 Å². The molecule has 0 fully saturated rings. The summed E-state index contributed by atoms with van der Waals surface area (Å²) in [7, 11) is 17.0. The Balaban J connectivity index is 0.00000110. The van der Waals surface area contributed by atoms with Crippen LogP contribution < -0.4 is 0 Å². The van der Waals surface area contributed by atoms with Crippen LogP contribution in [0.5, 0.6) is 0 Å². The molecule has 0 aliphatic carbocycles. The van der Waals surface area contributed by atoms with Gasteiger partial charge in [0.15, 0.2) is 6.77 Å². The fraction of sp³-hybridized carbons (Fsp3) is 0.889. The minimum absolute atomic E-state index is 0.221. The standard InChI is InChI=1S/C18H36ClNP.Al.4ClH/c1-13(2)20(14(3)4)21(19)11-15(17(5,6)7)16(12-21)18(8,9)10;;;;;/h13-14H,11-12H2,1-10H3;;4*1H/q+1;+3;;;;/p-4. The third-order valence-corrected chi connectivity index (χ3v) is 9.04. The lowest BCUT2D eigenvalue weighted by Gasteiger charge is -2.35. The first-order valence-electron chi connectivity index (χ1n) is 9.16. The molecule has 1 nitrogen and oxygen atoms in total. The zero-order chi connectivity index (χ0) is 21.3. The Kier molecular flexibility index (Phi) is 10.8. The van der Waals surface area contributed by atoms with E-state index in [1.807, 2.05) is 0 Å². The Labute approximate surface area is 186 Å². The van der Waals surface area contributed by atoms with Crippen molar-refractivity contribution in [2.24, 2.45) is 10.8 Å². The molecule has 0 aromatic heterocycles. The maximum atomic E-state index is 7.32. The maximum absolute atomic E-state index is 7.32. The van der Waals surface area contributed by atoms with Crippen molar-refractivity contribution in [1.82, 2.24) is 4.67 Å². The molecule has 1 aliphatic rings. The summed E-state index contributed by atoms with van der Waals surface area (Å²) in [6.45, 7) is 21.6. The molecule has 0 bridgehead atoms. The van der Waals surface area contributed by atoms with Crippen molar-refractivity contribution in [3.05, 3.63) is 11.1 Å². The van der Waals surface area contributed by atoms with E-state index in [1.165, 1.54) is 0 Å². The number of hydrogen-bond donors (Lipinski definition) is 0. The summed E-state index contributed by atoms with van der Waals surface area (Å²) in [5.74, 6) is 0. The third-order valence-electron chi connectivity index (χ3n) is 4.45. The molecule has 8 heteroatoms. The van der Waals surface area contributed by atoms with Gasteiger partial charge in [0, 0.05) is 12.1 Å². The highest BCUT2D eigenvalue weighted by Gasteiger charge is 2.55. The molecule has 0 aromatic carbocycles. The molecule has 0 unspecified atom stereocenters. The largest absolute Gasteiger partial charge is 0.564 e. The van der Waals surface area contributed by atoms with Crippen molar-refractivity contribution in [2.75, 3.05) is 12.3 Å². The van der Waals surface area contributed by atoms with Crippen molar-refractivity contribution in [2.45, 2.75) is 81.3 Å². The fourth-order valence-corrected chi connectivity index (χ4v) is 9.86. The first kappa shape index (κ1) is 28.1. The number of nitrogens with zero attached hydrogens (tertiary/aromatic N) is 1. The van der Waals surface area contributed by atoms with Crippen LogP contribution in [0.4, 0.5) is 0 Å². The Morgan fingerprint density at radius 2 is 1.00 bits per heavy atom. The summed E-state index contributed by atoms with van der Waals surface area (Å²) in [5, 5.41) is 0. The van der Waals surface area contributed by atoms with E-state index in [-0.39, 0.29) is 10.8 Å². The quantitative estimate of drug-likeness (QED) is 0.212. The Hall–Kier alpha value is 2.11. The second-order valence-corrected chi connectivity index (χ2v) is 27.1. The van der Waals surface area contributed by atoms with Gasteiger partial charge in [-0.1, -0.05) is 41.5 Å². The summed E-state index contributed by atoms with van der Waals surface area (Å²) in [4.78, 5) is 0. The second kappa shape index (κ2) is 9.95. The molecule has 0 atom stereocenters. The second-order valence-electron chi connectivity index (χ2n) is 9.66. The summed E-state index contributed by atoms with van der Waals surface area (Å²) >= 11 is 7.32. The van der Waals surface area contributed by atoms with Gasteiger partial charge in [0.2, 0.25) is 0 Å². The predicted octanol–water partition coefficient (Wildman–Crippen LogP) is 8.97. The number of hydrogen-bond acceptors (Lipinski definition) is 1. The lowest BCUT2D eigenvalue weighted by Crippen LogP contribution is -2.36. The van der Waals surface area contributed by atoms with E-state index in [9.17, 15) is 0 Å². The van der Waals surface area contributed by atoms with Crippen LogP contribution in [0, 0.1) is 10.8 Å². The van der Waals surface area contributed by atoms with Crippen molar-refractivity contribution >= 4 is 67.6 Å². The van der Waals surface area contributed by atoms with E-state index in [0.29, 0.717) is 12.1 Å². The van der Waals surface area contributed by atoms with Crippen molar-refractivity contribution < 1.29 is 0 Å². The number of allylic oxidation sites excluding steroid dienone is 2. The lowest BCUT2D eigenvalue weighted by molar-refractivity contribution is 0.320. The van der Waals surface area contributed by atoms with Crippen LogP contribution in [-0.2, 0) is 0 Å². The molecule has 0 aromatic rings. The molecule has 0 saturated heterocycles. The van der Waals surface area contributed by atoms with Crippen LogP contribution in [0.1, 0.15) is 69.2 Å². The molecule has 0 spiro atoms. The molecular formula is C18H36AlCl5NP. The zero-order valence-corrected chi connectivity index (χ0v) is 23.8. The average Bonchev–Trinajstić information content (AvgIpc) is 2.63. The van der Waals surface area contributed by atoms with Crippen LogP contribution in [0.25, 0.3) is 0 Å². The van der Waals surface area contributed by atoms with Gasteiger partial charge in [-0.2, -0.15) is 4.67 Å². The van der Waals surface area contributed by atoms with E-state index >= 15 is 0 Å². The summed E-state index contributed by atoms with van der Waals surface area (Å²) < 4.78 is 2.61. The number of halogens is 5. The molecule has 0 radical (unpaired) electrons. The van der Waals surface area contributed by atoms with Crippen molar-refractivity contribution in [3.8, 4) is 0 Å². The van der Waals surface area contributed by atoms with Crippen LogP contribution in [0.3, 0.4) is 0 Å². The van der Waals surface area contributed by atoms with Crippen molar-refractivity contribution in [3.63, 3.8) is 0 Å². The normalized spacial score (nSPS) is 18.7. The molecule has 0 saturated carbocycles. The highest BCUT2D eigenvalue weighted by Crippen LogP contribution is 2.75. The van der Waals surface area contributed by atoms with Gasteiger partial charge in [-0.25, -0.2) is 0 Å². The van der Waals surface area contributed by atoms with Crippen molar-refractivity contribution in [1.29, 1.82) is 0 Å². The predicted molar refractivity (Wildman–Crippen MR) is 130 cm³/mol. The lowest BCUT2D eigenvalue weighted by atomic mass is 9.76. The molecule has 0 N–H and O–H groups in total. The number of rotatable bonds is 3. The third kappa shape index (κ3) is 9.29. The smallest absolute Gasteiger partial charge is 0.391 e. The molecule has 0 amide bonds. The molecule has 1 aliphatic heterocycles. The highest BCUT2D eigenvalue weighted by atomic mass is 35.9. The van der Waals surface area contributed by atoms with Gasteiger partial charge in [0.05, 0.1) is 0 Å². The van der Waals surface area contributed by atoms with Gasteiger partial charge in [-0.05, 0) is 49.7 Å². The van der Waals surface area contributed by atoms with E-state index in [0.717, 1.165) is 12.3 Å². The van der Waals surface area contributed by atoms with Gasteiger partial charge in [-0.15, -0.1) is 0 Å². The van der Waals surface area contributed by atoms with Crippen LogP contribution in [0.15, 0.2) is 11.1 Å². The van der Waals surface area contributed by atoms with E-state index in [4.69, 9.17) is 51.4 Å². The van der Waals surface area contributed by atoms with E-state index < -0.39 is 16.2 Å². The zero-order valence-electron chi connectivity index (χ0n) is 17.9. The maximum Gasteiger partial charge on any atom is 0.564 e. The minimum Gasteiger partial charge on any atom is -0.391 e. The topological polar surface area (TPSA) is 3.24 Å². The average molecular weight is 502 g/mol. The van der Waals surface area contributed by atoms with Crippen LogP contribution in [0.2, 0.25) is 0 Å². The molecule has 1 rings (SSSR count). The monoisotopic (exact) mass is 499 g/mol. The SMILES string of the molecule is CC(C)N(C(C)C)[P+]1(Cl)CC(C(C)(C)C)=C(C(C)(C)C)C1.[Cl][Al-]([Cl])([Cl])[Cl]. The summed E-state index contributed by atoms with van der Waals surface area (Å²) in [6.07, 6.45) is 2.20. The summed E-state index contributed by atoms with van der Waals surface area (Å²) in [6, 6.07) is 1.02. The Morgan fingerprint density at radius 1 is 0.769 bits per heavy atom. The van der Waals surface area contributed by atoms with Gasteiger partial charge in [0.25, 0.3) is 0 Å². The summed E-state index contributed by atoms with van der Waals surface area (Å²) in [5.41, 5.74) is 3.67. The minimum atomic E-state index is -2.94. The first-order valence-corrected chi connectivity index (χ1v) is 19.2. The Bertz CT molecular complexity index is 461. The Morgan fingerprint density at radius 3 is 1.15 bits per heavy atom. The molecule has 26 heavy (non-hydrogen) atoms. The highest BCUT2D eigenvalue weighted by molar-refractivity contribution is 7.97. The van der Waals surface area contributed by atoms with Gasteiger partial charge in [0.1, 0.15) is 23.6 Å². The fourth-order valence-electron chi connectivity index (χ4n) is 3.70. The van der Waals surface area contributed by atoms with E-state index in [1.54, 1.807) is 11.1 Å². The first-order chi connectivity index (χ1) is 11.2. The molecular weight excluding hydrogens is 465 g/mol. The molecule has 156 valence electrons. The molecule has 1 heterocycles.